The van der Waals surface area contributed by atoms with Crippen LogP contribution in [0.15, 0.2) is 22.9 Å². The van der Waals surface area contributed by atoms with Crippen LogP contribution in [-0.2, 0) is 6.54 Å². The van der Waals surface area contributed by atoms with Crippen molar-refractivity contribution in [3.63, 3.8) is 0 Å². The highest BCUT2D eigenvalue weighted by Crippen LogP contribution is 2.22. The van der Waals surface area contributed by atoms with Gasteiger partial charge in [0.2, 0.25) is 0 Å². The SMILES string of the molecule is Cc1ccn2c(CNC3CCC3)nc(Br)c2c1. The molecular formula is C13H16BrN3. The summed E-state index contributed by atoms with van der Waals surface area (Å²) in [7, 11) is 0. The number of hydrogen-bond acceptors (Lipinski definition) is 2. The summed E-state index contributed by atoms with van der Waals surface area (Å²) in [5, 5.41) is 3.55. The smallest absolute Gasteiger partial charge is 0.132 e. The molecule has 2 heterocycles. The van der Waals surface area contributed by atoms with Crippen molar-refractivity contribution in [1.82, 2.24) is 14.7 Å². The number of nitrogens with zero attached hydrogens (tertiary/aromatic N) is 2. The summed E-state index contributed by atoms with van der Waals surface area (Å²) >= 11 is 3.53. The molecule has 0 saturated heterocycles. The summed E-state index contributed by atoms with van der Waals surface area (Å²) in [6.07, 6.45) is 6.08. The maximum absolute atomic E-state index is 4.58. The lowest BCUT2D eigenvalue weighted by Crippen LogP contribution is -2.35. The molecule has 17 heavy (non-hydrogen) atoms. The Balaban J connectivity index is 1.88. The van der Waals surface area contributed by atoms with Gasteiger partial charge < -0.3 is 9.72 Å². The molecule has 0 aliphatic heterocycles. The van der Waals surface area contributed by atoms with Crippen LogP contribution in [-0.4, -0.2) is 15.4 Å². The lowest BCUT2D eigenvalue weighted by Gasteiger charge is -2.26. The molecule has 1 N–H and O–H groups in total. The molecule has 0 unspecified atom stereocenters. The Morgan fingerprint density at radius 2 is 2.35 bits per heavy atom. The van der Waals surface area contributed by atoms with Gasteiger partial charge in [-0.3, -0.25) is 0 Å². The number of fused-ring (bicyclic) bond motifs is 1. The normalized spacial score (nSPS) is 16.4. The predicted octanol–water partition coefficient (Wildman–Crippen LogP) is 3.05. The van der Waals surface area contributed by atoms with Crippen molar-refractivity contribution in [1.29, 1.82) is 0 Å². The van der Waals surface area contributed by atoms with Gasteiger partial charge in [-0.15, -0.1) is 0 Å². The fourth-order valence-corrected chi connectivity index (χ4v) is 2.70. The average molecular weight is 294 g/mol. The minimum atomic E-state index is 0.701. The van der Waals surface area contributed by atoms with Crippen molar-refractivity contribution >= 4 is 21.4 Å². The number of aromatic nitrogens is 2. The maximum Gasteiger partial charge on any atom is 0.132 e. The molecule has 1 saturated carbocycles. The van der Waals surface area contributed by atoms with Crippen LogP contribution in [0.4, 0.5) is 0 Å². The molecule has 3 nitrogen and oxygen atoms in total. The van der Waals surface area contributed by atoms with E-state index in [-0.39, 0.29) is 0 Å². The Bertz CT molecular complexity index is 543. The zero-order valence-electron chi connectivity index (χ0n) is 9.91. The van der Waals surface area contributed by atoms with Gasteiger partial charge in [-0.05, 0) is 53.4 Å². The molecule has 1 aliphatic carbocycles. The predicted molar refractivity (Wildman–Crippen MR) is 72.1 cm³/mol. The molecule has 2 aromatic heterocycles. The van der Waals surface area contributed by atoms with E-state index in [0.717, 1.165) is 22.5 Å². The van der Waals surface area contributed by atoms with E-state index in [2.05, 4.69) is 55.9 Å². The molecule has 1 aliphatic rings. The van der Waals surface area contributed by atoms with Crippen molar-refractivity contribution in [3.05, 3.63) is 34.3 Å². The number of aryl methyl sites for hydroxylation is 1. The summed E-state index contributed by atoms with van der Waals surface area (Å²) in [5.74, 6) is 1.08. The van der Waals surface area contributed by atoms with Gasteiger partial charge in [0, 0.05) is 12.2 Å². The van der Waals surface area contributed by atoms with Crippen molar-refractivity contribution in [2.45, 2.75) is 38.8 Å². The van der Waals surface area contributed by atoms with E-state index < -0.39 is 0 Å². The molecule has 0 aromatic carbocycles. The Morgan fingerprint density at radius 1 is 1.53 bits per heavy atom. The third-order valence-corrected chi connectivity index (χ3v) is 4.06. The minimum absolute atomic E-state index is 0.701. The van der Waals surface area contributed by atoms with Crippen molar-refractivity contribution in [3.8, 4) is 0 Å². The van der Waals surface area contributed by atoms with Gasteiger partial charge in [-0.1, -0.05) is 6.42 Å². The zero-order chi connectivity index (χ0) is 11.8. The highest BCUT2D eigenvalue weighted by molar-refractivity contribution is 9.10. The quantitative estimate of drug-likeness (QED) is 0.942. The first-order chi connectivity index (χ1) is 8.24. The Hall–Kier alpha value is -0.870. The Labute approximate surface area is 109 Å². The molecule has 0 atom stereocenters. The molecule has 1 fully saturated rings. The minimum Gasteiger partial charge on any atom is -0.307 e. The number of imidazole rings is 1. The number of hydrogen-bond donors (Lipinski definition) is 1. The van der Waals surface area contributed by atoms with Crippen LogP contribution in [0, 0.1) is 6.92 Å². The van der Waals surface area contributed by atoms with E-state index in [1.165, 1.54) is 24.8 Å². The monoisotopic (exact) mass is 293 g/mol. The lowest BCUT2D eigenvalue weighted by atomic mass is 9.93. The summed E-state index contributed by atoms with van der Waals surface area (Å²) in [5.41, 5.74) is 2.41. The van der Waals surface area contributed by atoms with Gasteiger partial charge in [-0.2, -0.15) is 0 Å². The fraction of sp³-hybridized carbons (Fsp3) is 0.462. The van der Waals surface area contributed by atoms with E-state index in [4.69, 9.17) is 0 Å². The molecule has 0 amide bonds. The van der Waals surface area contributed by atoms with Crippen LogP contribution in [0.1, 0.15) is 30.7 Å². The summed E-state index contributed by atoms with van der Waals surface area (Å²) in [6.45, 7) is 2.95. The van der Waals surface area contributed by atoms with E-state index in [9.17, 15) is 0 Å². The second kappa shape index (κ2) is 4.42. The first kappa shape index (κ1) is 11.2. The van der Waals surface area contributed by atoms with Gasteiger partial charge in [0.15, 0.2) is 0 Å². The summed E-state index contributed by atoms with van der Waals surface area (Å²) < 4.78 is 3.09. The fourth-order valence-electron chi connectivity index (χ4n) is 2.19. The molecule has 0 spiro atoms. The van der Waals surface area contributed by atoms with Crippen LogP contribution < -0.4 is 5.32 Å². The first-order valence-corrected chi connectivity index (χ1v) is 6.90. The van der Waals surface area contributed by atoms with E-state index in [0.29, 0.717) is 6.04 Å². The van der Waals surface area contributed by atoms with E-state index in [1.54, 1.807) is 0 Å². The molecule has 4 heteroatoms. The van der Waals surface area contributed by atoms with Gasteiger partial charge in [-0.25, -0.2) is 4.98 Å². The number of pyridine rings is 1. The second-order valence-corrected chi connectivity index (χ2v) is 5.54. The third kappa shape index (κ3) is 2.11. The van der Waals surface area contributed by atoms with Gasteiger partial charge in [0.25, 0.3) is 0 Å². The largest absolute Gasteiger partial charge is 0.307 e. The Kier molecular flexibility index (Phi) is 2.92. The molecule has 2 aromatic rings. The van der Waals surface area contributed by atoms with Crippen LogP contribution >= 0.6 is 15.9 Å². The summed E-state index contributed by atoms with van der Waals surface area (Å²) in [6, 6.07) is 4.98. The van der Waals surface area contributed by atoms with Crippen molar-refractivity contribution in [2.24, 2.45) is 0 Å². The number of halogens is 1. The van der Waals surface area contributed by atoms with Crippen LogP contribution in [0.3, 0.4) is 0 Å². The third-order valence-electron chi connectivity index (χ3n) is 3.48. The Morgan fingerprint density at radius 3 is 3.06 bits per heavy atom. The highest BCUT2D eigenvalue weighted by Gasteiger charge is 2.17. The molecule has 0 radical (unpaired) electrons. The van der Waals surface area contributed by atoms with Gasteiger partial charge in [0.1, 0.15) is 10.4 Å². The van der Waals surface area contributed by atoms with E-state index in [1.807, 2.05) is 0 Å². The summed E-state index contributed by atoms with van der Waals surface area (Å²) in [4.78, 5) is 4.58. The topological polar surface area (TPSA) is 29.3 Å². The number of nitrogens with one attached hydrogen (secondary N) is 1. The highest BCUT2D eigenvalue weighted by atomic mass is 79.9. The molecule has 3 rings (SSSR count). The van der Waals surface area contributed by atoms with Crippen LogP contribution in [0.2, 0.25) is 0 Å². The maximum atomic E-state index is 4.58. The molecule has 90 valence electrons. The van der Waals surface area contributed by atoms with Crippen molar-refractivity contribution < 1.29 is 0 Å². The molecule has 0 bridgehead atoms. The second-order valence-electron chi connectivity index (χ2n) is 4.79. The van der Waals surface area contributed by atoms with E-state index >= 15 is 0 Å². The van der Waals surface area contributed by atoms with Gasteiger partial charge >= 0.3 is 0 Å². The number of rotatable bonds is 3. The lowest BCUT2D eigenvalue weighted by molar-refractivity contribution is 0.335. The molecular weight excluding hydrogens is 278 g/mol. The average Bonchev–Trinajstić information content (AvgIpc) is 2.54. The van der Waals surface area contributed by atoms with Crippen LogP contribution in [0.25, 0.3) is 5.52 Å². The van der Waals surface area contributed by atoms with Crippen molar-refractivity contribution in [2.75, 3.05) is 0 Å². The van der Waals surface area contributed by atoms with Crippen LogP contribution in [0.5, 0.6) is 0 Å². The zero-order valence-corrected chi connectivity index (χ0v) is 11.5. The van der Waals surface area contributed by atoms with Gasteiger partial charge in [0.05, 0.1) is 12.1 Å². The first-order valence-electron chi connectivity index (χ1n) is 6.10. The standard InChI is InChI=1S/C13H16BrN3/c1-9-5-6-17-11(7-9)13(14)16-12(17)8-15-10-3-2-4-10/h5-7,10,15H,2-4,8H2,1H3.